The van der Waals surface area contributed by atoms with Crippen molar-refractivity contribution in [3.8, 4) is 0 Å². The highest BCUT2D eigenvalue weighted by Gasteiger charge is 2.30. The highest BCUT2D eigenvalue weighted by Crippen LogP contribution is 2.29. The molecule has 1 fully saturated rings. The van der Waals surface area contributed by atoms with Crippen LogP contribution in [0.15, 0.2) is 47.6 Å². The van der Waals surface area contributed by atoms with Gasteiger partial charge in [-0.05, 0) is 30.3 Å². The summed E-state index contributed by atoms with van der Waals surface area (Å²) in [5.41, 5.74) is -0.582. The van der Waals surface area contributed by atoms with Gasteiger partial charge in [0.15, 0.2) is 0 Å². The van der Waals surface area contributed by atoms with E-state index in [0.29, 0.717) is 31.2 Å². The van der Waals surface area contributed by atoms with Crippen LogP contribution < -0.4 is 0 Å². The molecule has 2 heterocycles. The number of aromatic nitrogens is 1. The van der Waals surface area contributed by atoms with Crippen LogP contribution >= 0.6 is 11.8 Å². The SMILES string of the molecule is O=C(CSc1ccc(C(F)(F)F)cn1)N1CCN(C(=O)c2cccc(F)c2)CC1. The smallest absolute Gasteiger partial charge is 0.338 e. The van der Waals surface area contributed by atoms with Crippen molar-refractivity contribution in [1.82, 2.24) is 14.8 Å². The minimum absolute atomic E-state index is 0.0379. The molecule has 154 valence electrons. The molecule has 0 unspecified atom stereocenters. The van der Waals surface area contributed by atoms with Gasteiger partial charge in [-0.25, -0.2) is 9.37 Å². The van der Waals surface area contributed by atoms with Gasteiger partial charge in [-0.1, -0.05) is 17.8 Å². The van der Waals surface area contributed by atoms with Gasteiger partial charge in [0.25, 0.3) is 5.91 Å². The normalized spacial score (nSPS) is 14.8. The quantitative estimate of drug-likeness (QED) is 0.555. The van der Waals surface area contributed by atoms with Crippen molar-refractivity contribution in [3.05, 3.63) is 59.5 Å². The van der Waals surface area contributed by atoms with Crippen LogP contribution in [0.1, 0.15) is 15.9 Å². The van der Waals surface area contributed by atoms with Crippen molar-refractivity contribution in [2.75, 3.05) is 31.9 Å². The van der Waals surface area contributed by atoms with Crippen LogP contribution in [-0.2, 0) is 11.0 Å². The van der Waals surface area contributed by atoms with Gasteiger partial charge in [0.1, 0.15) is 5.82 Å². The fraction of sp³-hybridized carbons (Fsp3) is 0.316. The molecule has 1 aliphatic heterocycles. The second-order valence-corrected chi connectivity index (χ2v) is 7.35. The standard InChI is InChI=1S/C19H17F4N3O2S/c20-15-3-1-2-13(10-15)18(28)26-8-6-25(7-9-26)17(27)12-29-16-5-4-14(11-24-16)19(21,22)23/h1-5,10-11H,6-9,12H2. The minimum Gasteiger partial charge on any atom is -0.338 e. The number of hydrogen-bond acceptors (Lipinski definition) is 4. The van der Waals surface area contributed by atoms with Crippen molar-refractivity contribution in [2.24, 2.45) is 0 Å². The van der Waals surface area contributed by atoms with Crippen molar-refractivity contribution < 1.29 is 27.2 Å². The number of halogens is 4. The molecule has 3 rings (SSSR count). The molecule has 0 bridgehead atoms. The van der Waals surface area contributed by atoms with E-state index in [1.807, 2.05) is 0 Å². The number of thioether (sulfide) groups is 1. The second-order valence-electron chi connectivity index (χ2n) is 6.35. The van der Waals surface area contributed by atoms with Crippen LogP contribution in [-0.4, -0.2) is 58.5 Å². The van der Waals surface area contributed by atoms with E-state index in [4.69, 9.17) is 0 Å². The first-order valence-corrected chi connectivity index (χ1v) is 9.71. The van der Waals surface area contributed by atoms with Crippen LogP contribution in [0.3, 0.4) is 0 Å². The Morgan fingerprint density at radius 3 is 2.31 bits per heavy atom. The molecule has 10 heteroatoms. The fourth-order valence-corrected chi connectivity index (χ4v) is 3.57. The summed E-state index contributed by atoms with van der Waals surface area (Å²) in [6, 6.07) is 7.60. The molecule has 2 amide bonds. The van der Waals surface area contributed by atoms with E-state index in [2.05, 4.69) is 4.98 Å². The van der Waals surface area contributed by atoms with Crippen LogP contribution in [0, 0.1) is 5.82 Å². The van der Waals surface area contributed by atoms with Crippen LogP contribution in [0.25, 0.3) is 0 Å². The van der Waals surface area contributed by atoms with Gasteiger partial charge in [0, 0.05) is 37.9 Å². The lowest BCUT2D eigenvalue weighted by atomic mass is 10.1. The average molecular weight is 427 g/mol. The molecule has 1 aliphatic rings. The molecular formula is C19H17F4N3O2S. The first-order chi connectivity index (χ1) is 13.7. The van der Waals surface area contributed by atoms with Crippen molar-refractivity contribution in [3.63, 3.8) is 0 Å². The lowest BCUT2D eigenvalue weighted by Crippen LogP contribution is -2.51. The van der Waals surface area contributed by atoms with E-state index >= 15 is 0 Å². The fourth-order valence-electron chi connectivity index (χ4n) is 2.82. The number of benzene rings is 1. The van der Waals surface area contributed by atoms with Crippen LogP contribution in [0.2, 0.25) is 0 Å². The van der Waals surface area contributed by atoms with Crippen LogP contribution in [0.5, 0.6) is 0 Å². The number of carbonyl (C=O) groups is 2. The predicted octanol–water partition coefficient (Wildman–Crippen LogP) is 3.32. The summed E-state index contributed by atoms with van der Waals surface area (Å²) in [6.07, 6.45) is -3.71. The zero-order chi connectivity index (χ0) is 21.0. The second kappa shape index (κ2) is 8.81. The lowest BCUT2D eigenvalue weighted by Gasteiger charge is -2.34. The summed E-state index contributed by atoms with van der Waals surface area (Å²) in [5.74, 6) is -0.927. The molecule has 1 aromatic heterocycles. The van der Waals surface area contributed by atoms with Gasteiger partial charge in [0.2, 0.25) is 5.91 Å². The number of alkyl halides is 3. The Balaban J connectivity index is 1.48. The Labute approximate surface area is 168 Å². The average Bonchev–Trinajstić information content (AvgIpc) is 2.71. The van der Waals surface area contributed by atoms with E-state index in [9.17, 15) is 27.2 Å². The number of nitrogens with zero attached hydrogens (tertiary/aromatic N) is 3. The first kappa shape index (κ1) is 21.1. The maximum Gasteiger partial charge on any atom is 0.417 e. The van der Waals surface area contributed by atoms with Gasteiger partial charge in [-0.3, -0.25) is 9.59 Å². The van der Waals surface area contributed by atoms with Crippen molar-refractivity contribution in [2.45, 2.75) is 11.2 Å². The monoisotopic (exact) mass is 427 g/mol. The number of piperazine rings is 1. The van der Waals surface area contributed by atoms with Crippen molar-refractivity contribution >= 4 is 23.6 Å². The lowest BCUT2D eigenvalue weighted by molar-refractivity contribution is -0.138. The zero-order valence-corrected chi connectivity index (χ0v) is 16.0. The van der Waals surface area contributed by atoms with E-state index in [1.54, 1.807) is 9.80 Å². The molecule has 0 atom stereocenters. The third kappa shape index (κ3) is 5.47. The Bertz CT molecular complexity index is 882. The molecule has 0 aliphatic carbocycles. The highest BCUT2D eigenvalue weighted by atomic mass is 32.2. The molecule has 0 N–H and O–H groups in total. The highest BCUT2D eigenvalue weighted by molar-refractivity contribution is 7.99. The molecule has 0 radical (unpaired) electrons. The summed E-state index contributed by atoms with van der Waals surface area (Å²) in [7, 11) is 0. The molecule has 29 heavy (non-hydrogen) atoms. The molecule has 1 saturated heterocycles. The van der Waals surface area contributed by atoms with Gasteiger partial charge < -0.3 is 9.80 Å². The van der Waals surface area contributed by atoms with Crippen molar-refractivity contribution in [1.29, 1.82) is 0 Å². The first-order valence-electron chi connectivity index (χ1n) is 8.73. The molecule has 2 aromatic rings. The Morgan fingerprint density at radius 2 is 1.72 bits per heavy atom. The summed E-state index contributed by atoms with van der Waals surface area (Å²) < 4.78 is 50.9. The Hall–Kier alpha value is -2.62. The van der Waals surface area contributed by atoms with Crippen LogP contribution in [0.4, 0.5) is 17.6 Å². The van der Waals surface area contributed by atoms with E-state index < -0.39 is 17.6 Å². The maximum absolute atomic E-state index is 13.3. The summed E-state index contributed by atoms with van der Waals surface area (Å²) >= 11 is 1.06. The van der Waals surface area contributed by atoms with Gasteiger partial charge in [0.05, 0.1) is 16.3 Å². The Kier molecular flexibility index (Phi) is 6.41. The van der Waals surface area contributed by atoms with Gasteiger partial charge in [-0.15, -0.1) is 0 Å². The number of carbonyl (C=O) groups excluding carboxylic acids is 2. The number of amides is 2. The Morgan fingerprint density at radius 1 is 1.03 bits per heavy atom. The summed E-state index contributed by atoms with van der Waals surface area (Å²) in [5, 5.41) is 0.325. The molecule has 0 spiro atoms. The number of hydrogen-bond donors (Lipinski definition) is 0. The third-order valence-electron chi connectivity index (χ3n) is 4.40. The molecule has 5 nitrogen and oxygen atoms in total. The molecule has 0 saturated carbocycles. The minimum atomic E-state index is -4.45. The van der Waals surface area contributed by atoms with Gasteiger partial charge in [-0.2, -0.15) is 13.2 Å². The van der Waals surface area contributed by atoms with E-state index in [0.717, 1.165) is 24.0 Å². The number of rotatable bonds is 4. The van der Waals surface area contributed by atoms with E-state index in [-0.39, 0.29) is 23.1 Å². The molecule has 1 aromatic carbocycles. The largest absolute Gasteiger partial charge is 0.417 e. The predicted molar refractivity (Wildman–Crippen MR) is 98.8 cm³/mol. The molecular weight excluding hydrogens is 410 g/mol. The maximum atomic E-state index is 13.3. The zero-order valence-electron chi connectivity index (χ0n) is 15.2. The number of pyridine rings is 1. The summed E-state index contributed by atoms with van der Waals surface area (Å²) in [4.78, 5) is 31.6. The summed E-state index contributed by atoms with van der Waals surface area (Å²) in [6.45, 7) is 1.32. The van der Waals surface area contributed by atoms with Gasteiger partial charge >= 0.3 is 6.18 Å². The topological polar surface area (TPSA) is 53.5 Å². The third-order valence-corrected chi connectivity index (χ3v) is 5.33. The van der Waals surface area contributed by atoms with E-state index in [1.165, 1.54) is 30.3 Å².